The summed E-state index contributed by atoms with van der Waals surface area (Å²) in [6.45, 7) is 0.936. The van der Waals surface area contributed by atoms with Crippen molar-refractivity contribution in [2.24, 2.45) is 0 Å². The molecule has 0 spiro atoms. The number of hydrogen-bond donors (Lipinski definition) is 0. The first-order valence-corrected chi connectivity index (χ1v) is 6.91. The summed E-state index contributed by atoms with van der Waals surface area (Å²) < 4.78 is 4.73. The third kappa shape index (κ3) is 3.10. The SMILES string of the molecule is COC(=O)CC1CCCCN1c1nc(Cl)cs1. The molecule has 1 aliphatic rings. The summed E-state index contributed by atoms with van der Waals surface area (Å²) in [6.07, 6.45) is 3.71. The molecule has 1 aliphatic heterocycles. The monoisotopic (exact) mass is 274 g/mol. The van der Waals surface area contributed by atoms with Crippen LogP contribution in [0.3, 0.4) is 0 Å². The topological polar surface area (TPSA) is 42.4 Å². The highest BCUT2D eigenvalue weighted by atomic mass is 35.5. The minimum absolute atomic E-state index is 0.162. The predicted octanol–water partition coefficient (Wildman–Crippen LogP) is 2.72. The van der Waals surface area contributed by atoms with Crippen LogP contribution in [0.1, 0.15) is 25.7 Å². The maximum Gasteiger partial charge on any atom is 0.307 e. The fraction of sp³-hybridized carbons (Fsp3) is 0.636. The van der Waals surface area contributed by atoms with E-state index in [4.69, 9.17) is 16.3 Å². The van der Waals surface area contributed by atoms with Crippen molar-refractivity contribution in [1.29, 1.82) is 0 Å². The van der Waals surface area contributed by atoms with E-state index < -0.39 is 0 Å². The van der Waals surface area contributed by atoms with Gasteiger partial charge in [-0.2, -0.15) is 0 Å². The lowest BCUT2D eigenvalue weighted by Gasteiger charge is -2.34. The van der Waals surface area contributed by atoms with Gasteiger partial charge in [0.1, 0.15) is 5.15 Å². The van der Waals surface area contributed by atoms with Crippen LogP contribution in [-0.4, -0.2) is 30.6 Å². The van der Waals surface area contributed by atoms with E-state index in [9.17, 15) is 4.79 Å². The average Bonchev–Trinajstić information content (AvgIpc) is 2.76. The molecule has 1 aromatic rings. The van der Waals surface area contributed by atoms with Gasteiger partial charge in [-0.15, -0.1) is 11.3 Å². The zero-order valence-electron chi connectivity index (χ0n) is 9.69. The van der Waals surface area contributed by atoms with Crippen molar-refractivity contribution in [1.82, 2.24) is 4.98 Å². The molecular formula is C11H15ClN2O2S. The molecule has 0 N–H and O–H groups in total. The second kappa shape index (κ2) is 5.69. The highest BCUT2D eigenvalue weighted by molar-refractivity contribution is 7.14. The molecule has 0 aromatic carbocycles. The lowest BCUT2D eigenvalue weighted by Crippen LogP contribution is -2.41. The second-order valence-corrected chi connectivity index (χ2v) is 5.30. The van der Waals surface area contributed by atoms with Crippen molar-refractivity contribution in [3.63, 3.8) is 0 Å². The number of hydrogen-bond acceptors (Lipinski definition) is 5. The van der Waals surface area contributed by atoms with Crippen molar-refractivity contribution >= 4 is 34.0 Å². The minimum Gasteiger partial charge on any atom is -0.469 e. The molecule has 1 unspecified atom stereocenters. The molecule has 0 radical (unpaired) electrons. The van der Waals surface area contributed by atoms with Crippen LogP contribution in [0.15, 0.2) is 5.38 Å². The predicted molar refractivity (Wildman–Crippen MR) is 68.7 cm³/mol. The highest BCUT2D eigenvalue weighted by Gasteiger charge is 2.27. The Balaban J connectivity index is 2.09. The molecule has 0 saturated carbocycles. The number of thiazole rings is 1. The number of ether oxygens (including phenoxy) is 1. The molecular weight excluding hydrogens is 260 g/mol. The van der Waals surface area contributed by atoms with Gasteiger partial charge < -0.3 is 9.64 Å². The van der Waals surface area contributed by atoms with Gasteiger partial charge in [0.25, 0.3) is 0 Å². The van der Waals surface area contributed by atoms with Crippen molar-refractivity contribution in [3.05, 3.63) is 10.5 Å². The lowest BCUT2D eigenvalue weighted by molar-refractivity contribution is -0.141. The third-order valence-corrected chi connectivity index (χ3v) is 4.17. The Morgan fingerprint density at radius 3 is 3.18 bits per heavy atom. The van der Waals surface area contributed by atoms with Gasteiger partial charge in [0.05, 0.1) is 13.5 Å². The van der Waals surface area contributed by atoms with Gasteiger partial charge in [0, 0.05) is 18.0 Å². The first kappa shape index (κ1) is 12.6. The maximum absolute atomic E-state index is 11.4. The number of carbonyl (C=O) groups is 1. The van der Waals surface area contributed by atoms with Crippen molar-refractivity contribution in [2.45, 2.75) is 31.7 Å². The van der Waals surface area contributed by atoms with Crippen LogP contribution in [0.4, 0.5) is 5.13 Å². The van der Waals surface area contributed by atoms with Gasteiger partial charge in [-0.3, -0.25) is 4.79 Å². The second-order valence-electron chi connectivity index (χ2n) is 4.08. The van der Waals surface area contributed by atoms with E-state index in [-0.39, 0.29) is 12.0 Å². The fourth-order valence-electron chi connectivity index (χ4n) is 2.12. The number of methoxy groups -OCH3 is 1. The van der Waals surface area contributed by atoms with Crippen LogP contribution >= 0.6 is 22.9 Å². The van der Waals surface area contributed by atoms with E-state index >= 15 is 0 Å². The molecule has 0 amide bonds. The van der Waals surface area contributed by atoms with Crippen LogP contribution in [0.5, 0.6) is 0 Å². The molecule has 1 aromatic heterocycles. The zero-order chi connectivity index (χ0) is 12.3. The molecule has 0 bridgehead atoms. The summed E-state index contributed by atoms with van der Waals surface area (Å²) in [7, 11) is 1.43. The zero-order valence-corrected chi connectivity index (χ0v) is 11.3. The lowest BCUT2D eigenvalue weighted by atomic mass is 10.0. The summed E-state index contributed by atoms with van der Waals surface area (Å²) in [5.41, 5.74) is 0. The van der Waals surface area contributed by atoms with Gasteiger partial charge >= 0.3 is 5.97 Å². The number of esters is 1. The van der Waals surface area contributed by atoms with Crippen LogP contribution in [0.25, 0.3) is 0 Å². The Bertz CT molecular complexity index is 397. The van der Waals surface area contributed by atoms with Gasteiger partial charge in [-0.05, 0) is 19.3 Å². The van der Waals surface area contributed by atoms with Crippen LogP contribution in [-0.2, 0) is 9.53 Å². The number of aromatic nitrogens is 1. The Labute approximate surface area is 110 Å². The Morgan fingerprint density at radius 1 is 1.71 bits per heavy atom. The number of rotatable bonds is 3. The molecule has 0 aliphatic carbocycles. The van der Waals surface area contributed by atoms with Crippen LogP contribution in [0.2, 0.25) is 5.15 Å². The number of carbonyl (C=O) groups excluding carboxylic acids is 1. The molecule has 17 heavy (non-hydrogen) atoms. The van der Waals surface area contributed by atoms with Crippen LogP contribution < -0.4 is 4.90 Å². The van der Waals surface area contributed by atoms with Gasteiger partial charge in [-0.1, -0.05) is 11.6 Å². The fourth-order valence-corrected chi connectivity index (χ4v) is 3.16. The van der Waals surface area contributed by atoms with E-state index in [0.29, 0.717) is 11.6 Å². The van der Waals surface area contributed by atoms with E-state index in [1.165, 1.54) is 18.4 Å². The summed E-state index contributed by atoms with van der Waals surface area (Å²) >= 11 is 7.37. The van der Waals surface area contributed by atoms with Crippen molar-refractivity contribution in [3.8, 4) is 0 Å². The quantitative estimate of drug-likeness (QED) is 0.795. The molecule has 4 nitrogen and oxygen atoms in total. The molecule has 94 valence electrons. The smallest absolute Gasteiger partial charge is 0.307 e. The number of piperidine rings is 1. The minimum atomic E-state index is -0.162. The molecule has 2 heterocycles. The average molecular weight is 275 g/mol. The first-order valence-electron chi connectivity index (χ1n) is 5.65. The normalized spacial score (nSPS) is 20.4. The summed E-state index contributed by atoms with van der Waals surface area (Å²) in [4.78, 5) is 17.8. The van der Waals surface area contributed by atoms with Crippen molar-refractivity contribution in [2.75, 3.05) is 18.6 Å². The van der Waals surface area contributed by atoms with Gasteiger partial charge in [-0.25, -0.2) is 4.98 Å². The Hall–Kier alpha value is -0.810. The van der Waals surface area contributed by atoms with E-state index in [1.54, 1.807) is 0 Å². The number of nitrogens with zero attached hydrogens (tertiary/aromatic N) is 2. The largest absolute Gasteiger partial charge is 0.469 e. The summed E-state index contributed by atoms with van der Waals surface area (Å²) in [6, 6.07) is 0.193. The standard InChI is InChI=1S/C11H15ClN2O2S/c1-16-10(15)6-8-4-2-3-5-14(8)11-13-9(12)7-17-11/h7-8H,2-6H2,1H3. The van der Waals surface area contributed by atoms with Gasteiger partial charge in [0.15, 0.2) is 5.13 Å². The molecule has 6 heteroatoms. The Kier molecular flexibility index (Phi) is 4.23. The summed E-state index contributed by atoms with van der Waals surface area (Å²) in [5.74, 6) is -0.162. The van der Waals surface area contributed by atoms with Gasteiger partial charge in [0.2, 0.25) is 0 Å². The third-order valence-electron chi connectivity index (χ3n) is 2.97. The number of halogens is 1. The summed E-state index contributed by atoms with van der Waals surface area (Å²) in [5, 5.41) is 3.25. The maximum atomic E-state index is 11.4. The van der Waals surface area contributed by atoms with E-state index in [0.717, 1.165) is 30.9 Å². The molecule has 1 saturated heterocycles. The van der Waals surface area contributed by atoms with Crippen LogP contribution in [0, 0.1) is 0 Å². The van der Waals surface area contributed by atoms with Crippen molar-refractivity contribution < 1.29 is 9.53 Å². The van der Waals surface area contributed by atoms with E-state index in [2.05, 4.69) is 9.88 Å². The van der Waals surface area contributed by atoms with E-state index in [1.807, 2.05) is 5.38 Å². The first-order chi connectivity index (χ1) is 8.20. The number of anilines is 1. The highest BCUT2D eigenvalue weighted by Crippen LogP contribution is 2.30. The molecule has 2 rings (SSSR count). The molecule has 1 atom stereocenters. The Morgan fingerprint density at radius 2 is 2.53 bits per heavy atom. The molecule has 1 fully saturated rings.